The number of hydrogen-bond acceptors (Lipinski definition) is 5. The van der Waals surface area contributed by atoms with Crippen molar-refractivity contribution in [3.05, 3.63) is 77.9 Å². The van der Waals surface area contributed by atoms with Crippen LogP contribution in [0.4, 0.5) is 11.4 Å². The van der Waals surface area contributed by atoms with Crippen LogP contribution in [0.3, 0.4) is 0 Å². The van der Waals surface area contributed by atoms with Crippen molar-refractivity contribution in [2.24, 2.45) is 0 Å². The van der Waals surface area contributed by atoms with Gasteiger partial charge in [0.1, 0.15) is 23.4 Å². The molecule has 0 bridgehead atoms. The Bertz CT molecular complexity index is 1030. The fourth-order valence-electron chi connectivity index (χ4n) is 3.55. The molecule has 0 aromatic heterocycles. The van der Waals surface area contributed by atoms with E-state index in [1.54, 1.807) is 32.3 Å². The lowest BCUT2D eigenvalue weighted by atomic mass is 10.0. The van der Waals surface area contributed by atoms with Crippen LogP contribution in [0.1, 0.15) is 22.1 Å². The predicted octanol–water partition coefficient (Wildman–Crippen LogP) is 4.48. The van der Waals surface area contributed by atoms with Crippen LogP contribution in [0.5, 0.6) is 17.2 Å². The summed E-state index contributed by atoms with van der Waals surface area (Å²) in [6, 6.07) is 20.5. The number of fused-ring (bicyclic) bond motifs is 1. The molecule has 1 atom stereocenters. The van der Waals surface area contributed by atoms with Crippen molar-refractivity contribution in [2.45, 2.75) is 6.17 Å². The van der Waals surface area contributed by atoms with Crippen molar-refractivity contribution in [2.75, 3.05) is 31.5 Å². The number of nitrogens with zero attached hydrogens (tertiary/aromatic N) is 1. The molecule has 1 N–H and O–H groups in total. The highest BCUT2D eigenvalue weighted by Gasteiger charge is 2.35. The van der Waals surface area contributed by atoms with E-state index in [0.717, 1.165) is 11.3 Å². The fourth-order valence-corrected chi connectivity index (χ4v) is 3.55. The van der Waals surface area contributed by atoms with Crippen LogP contribution in [0.15, 0.2) is 66.7 Å². The molecule has 3 aromatic carbocycles. The number of amides is 1. The molecule has 0 spiro atoms. The number of methoxy groups -OCH3 is 3. The molecule has 29 heavy (non-hydrogen) atoms. The van der Waals surface area contributed by atoms with Gasteiger partial charge in [-0.25, -0.2) is 0 Å². The second-order valence-corrected chi connectivity index (χ2v) is 6.59. The Hall–Kier alpha value is -3.67. The molecule has 1 amide bonds. The van der Waals surface area contributed by atoms with E-state index < -0.39 is 6.17 Å². The summed E-state index contributed by atoms with van der Waals surface area (Å²) in [5.41, 5.74) is 2.88. The van der Waals surface area contributed by atoms with Gasteiger partial charge in [-0.2, -0.15) is 0 Å². The Morgan fingerprint density at radius 3 is 2.17 bits per heavy atom. The third-order valence-corrected chi connectivity index (χ3v) is 4.96. The summed E-state index contributed by atoms with van der Waals surface area (Å²) < 4.78 is 16.4. The number of ether oxygens (including phenoxy) is 3. The zero-order valence-electron chi connectivity index (χ0n) is 16.5. The third kappa shape index (κ3) is 3.33. The summed E-state index contributed by atoms with van der Waals surface area (Å²) >= 11 is 0. The molecule has 0 saturated heterocycles. The molecule has 148 valence electrons. The van der Waals surface area contributed by atoms with Gasteiger partial charge in [0.15, 0.2) is 0 Å². The maximum atomic E-state index is 13.5. The van der Waals surface area contributed by atoms with E-state index in [0.29, 0.717) is 28.5 Å². The van der Waals surface area contributed by atoms with E-state index in [-0.39, 0.29) is 5.91 Å². The molecule has 0 saturated carbocycles. The van der Waals surface area contributed by atoms with E-state index in [1.165, 1.54) is 0 Å². The summed E-state index contributed by atoms with van der Waals surface area (Å²) in [4.78, 5) is 15.2. The van der Waals surface area contributed by atoms with Crippen LogP contribution in [-0.4, -0.2) is 27.2 Å². The number of benzene rings is 3. The summed E-state index contributed by atoms with van der Waals surface area (Å²) in [5, 5.41) is 3.48. The Balaban J connectivity index is 1.91. The van der Waals surface area contributed by atoms with Gasteiger partial charge in [0.2, 0.25) is 0 Å². The highest BCUT2D eigenvalue weighted by Crippen LogP contribution is 2.41. The Labute approximate surface area is 169 Å². The number of carbonyl (C=O) groups excluding carboxylic acids is 1. The van der Waals surface area contributed by atoms with Gasteiger partial charge in [-0.3, -0.25) is 9.69 Å². The van der Waals surface area contributed by atoms with Crippen molar-refractivity contribution < 1.29 is 19.0 Å². The highest BCUT2D eigenvalue weighted by molar-refractivity contribution is 6.12. The summed E-state index contributed by atoms with van der Waals surface area (Å²) in [5.74, 6) is 1.79. The van der Waals surface area contributed by atoms with Gasteiger partial charge in [-0.05, 0) is 36.4 Å². The SMILES string of the molecule is COc1cc(OC)cc([C@@H]2Nc3ccccc3C(=O)N2c2ccccc2OC)c1. The molecule has 0 unspecified atom stereocenters. The number of anilines is 2. The van der Waals surface area contributed by atoms with Gasteiger partial charge in [0.25, 0.3) is 5.91 Å². The quantitative estimate of drug-likeness (QED) is 0.696. The molecule has 6 heteroatoms. The Morgan fingerprint density at radius 1 is 0.828 bits per heavy atom. The van der Waals surface area contributed by atoms with Gasteiger partial charge in [0.05, 0.1) is 32.6 Å². The second-order valence-electron chi connectivity index (χ2n) is 6.59. The minimum absolute atomic E-state index is 0.115. The Morgan fingerprint density at radius 2 is 1.48 bits per heavy atom. The molecule has 6 nitrogen and oxygen atoms in total. The van der Waals surface area contributed by atoms with Crippen LogP contribution in [-0.2, 0) is 0 Å². The number of hydrogen-bond donors (Lipinski definition) is 1. The van der Waals surface area contributed by atoms with Gasteiger partial charge >= 0.3 is 0 Å². The van der Waals surface area contributed by atoms with E-state index in [9.17, 15) is 4.79 Å². The first-order valence-corrected chi connectivity index (χ1v) is 9.21. The number of para-hydroxylation sites is 3. The second kappa shape index (κ2) is 7.75. The molecule has 3 aromatic rings. The van der Waals surface area contributed by atoms with E-state index in [4.69, 9.17) is 14.2 Å². The molecular formula is C23H22N2O4. The Kier molecular flexibility index (Phi) is 4.99. The molecular weight excluding hydrogens is 368 g/mol. The molecule has 1 aliphatic rings. The fraction of sp³-hybridized carbons (Fsp3) is 0.174. The predicted molar refractivity (Wildman–Crippen MR) is 112 cm³/mol. The third-order valence-electron chi connectivity index (χ3n) is 4.96. The van der Waals surface area contributed by atoms with Gasteiger partial charge in [-0.15, -0.1) is 0 Å². The van der Waals surface area contributed by atoms with Crippen molar-refractivity contribution in [1.82, 2.24) is 0 Å². The zero-order chi connectivity index (χ0) is 20.4. The maximum absolute atomic E-state index is 13.5. The van der Waals surface area contributed by atoms with Gasteiger partial charge in [-0.1, -0.05) is 24.3 Å². The van der Waals surface area contributed by atoms with Crippen molar-refractivity contribution >= 4 is 17.3 Å². The molecule has 1 heterocycles. The first-order chi connectivity index (χ1) is 14.2. The number of carbonyl (C=O) groups is 1. The lowest BCUT2D eigenvalue weighted by Crippen LogP contribution is -2.43. The lowest BCUT2D eigenvalue weighted by Gasteiger charge is -2.38. The number of rotatable bonds is 5. The topological polar surface area (TPSA) is 60.0 Å². The minimum Gasteiger partial charge on any atom is -0.497 e. The van der Waals surface area contributed by atoms with E-state index in [2.05, 4.69) is 5.32 Å². The first kappa shape index (κ1) is 18.7. The van der Waals surface area contributed by atoms with Crippen LogP contribution >= 0.6 is 0 Å². The summed E-state index contributed by atoms with van der Waals surface area (Å²) in [7, 11) is 4.80. The van der Waals surface area contributed by atoms with E-state index in [1.807, 2.05) is 60.7 Å². The average Bonchev–Trinajstić information content (AvgIpc) is 2.78. The average molecular weight is 390 g/mol. The standard InChI is InChI=1S/C23H22N2O4/c1-27-16-12-15(13-17(14-16)28-2)22-24-19-9-5-4-8-18(19)23(26)25(22)20-10-6-7-11-21(20)29-3/h4-14,22,24H,1-3H3/t22-/m1/s1. The van der Waals surface area contributed by atoms with Crippen LogP contribution < -0.4 is 24.4 Å². The smallest absolute Gasteiger partial charge is 0.262 e. The molecule has 0 aliphatic carbocycles. The molecule has 4 rings (SSSR count). The molecule has 1 aliphatic heterocycles. The van der Waals surface area contributed by atoms with Crippen molar-refractivity contribution in [3.63, 3.8) is 0 Å². The molecule has 0 fully saturated rings. The first-order valence-electron chi connectivity index (χ1n) is 9.21. The molecule has 0 radical (unpaired) electrons. The summed E-state index contributed by atoms with van der Waals surface area (Å²) in [6.07, 6.45) is -0.474. The van der Waals surface area contributed by atoms with E-state index >= 15 is 0 Å². The zero-order valence-corrected chi connectivity index (χ0v) is 16.5. The summed E-state index contributed by atoms with van der Waals surface area (Å²) in [6.45, 7) is 0. The van der Waals surface area contributed by atoms with Crippen molar-refractivity contribution in [1.29, 1.82) is 0 Å². The normalized spacial score (nSPS) is 15.3. The lowest BCUT2D eigenvalue weighted by molar-refractivity contribution is 0.0974. The highest BCUT2D eigenvalue weighted by atomic mass is 16.5. The maximum Gasteiger partial charge on any atom is 0.262 e. The number of nitrogens with one attached hydrogen (secondary N) is 1. The van der Waals surface area contributed by atoms with Crippen LogP contribution in [0.25, 0.3) is 0 Å². The van der Waals surface area contributed by atoms with Gasteiger partial charge < -0.3 is 19.5 Å². The van der Waals surface area contributed by atoms with Crippen molar-refractivity contribution in [3.8, 4) is 17.2 Å². The van der Waals surface area contributed by atoms with Crippen LogP contribution in [0.2, 0.25) is 0 Å². The minimum atomic E-state index is -0.474. The van der Waals surface area contributed by atoms with Crippen LogP contribution in [0, 0.1) is 0 Å². The van der Waals surface area contributed by atoms with Gasteiger partial charge in [0, 0.05) is 17.3 Å². The monoisotopic (exact) mass is 390 g/mol. The largest absolute Gasteiger partial charge is 0.497 e.